The molecule has 2 unspecified atom stereocenters. The van der Waals surface area contributed by atoms with E-state index in [1.165, 1.54) is 34.2 Å². The molecular formula is C26H32OSi. The Balaban J connectivity index is 1.66. The van der Waals surface area contributed by atoms with Crippen LogP contribution >= 0.6 is 0 Å². The molecule has 0 bridgehead atoms. The second-order valence-corrected chi connectivity index (χ2v) is 13.6. The SMILES string of the molecule is CCC(CC(O[Si](C)(C)C)c1ccc2c(c1)-c1ccccc1C2)C1=CC=CC1. The van der Waals surface area contributed by atoms with E-state index in [-0.39, 0.29) is 6.10 Å². The van der Waals surface area contributed by atoms with Crippen molar-refractivity contribution in [2.24, 2.45) is 5.92 Å². The summed E-state index contributed by atoms with van der Waals surface area (Å²) in [5, 5.41) is 0. The van der Waals surface area contributed by atoms with Gasteiger partial charge in [0.25, 0.3) is 0 Å². The first-order chi connectivity index (χ1) is 13.4. The maximum atomic E-state index is 6.75. The predicted octanol–water partition coefficient (Wildman–Crippen LogP) is 7.45. The van der Waals surface area contributed by atoms with Crippen LogP contribution in [-0.4, -0.2) is 8.32 Å². The number of hydrogen-bond donors (Lipinski definition) is 0. The van der Waals surface area contributed by atoms with Crippen LogP contribution in [0.3, 0.4) is 0 Å². The Bertz CT molecular complexity index is 916. The number of hydrogen-bond acceptors (Lipinski definition) is 1. The van der Waals surface area contributed by atoms with Crippen LogP contribution in [0.4, 0.5) is 0 Å². The zero-order chi connectivity index (χ0) is 19.7. The zero-order valence-corrected chi connectivity index (χ0v) is 18.7. The highest BCUT2D eigenvalue weighted by molar-refractivity contribution is 6.69. The molecule has 2 aromatic carbocycles. The molecule has 1 nitrogen and oxygen atoms in total. The van der Waals surface area contributed by atoms with Gasteiger partial charge < -0.3 is 4.43 Å². The van der Waals surface area contributed by atoms with Crippen molar-refractivity contribution in [3.8, 4) is 11.1 Å². The largest absolute Gasteiger partial charge is 0.411 e. The Morgan fingerprint density at radius 2 is 1.79 bits per heavy atom. The molecule has 2 aliphatic rings. The first kappa shape index (κ1) is 19.4. The minimum absolute atomic E-state index is 0.177. The number of rotatable bonds is 7. The van der Waals surface area contributed by atoms with Gasteiger partial charge in [-0.15, -0.1) is 0 Å². The lowest BCUT2D eigenvalue weighted by molar-refractivity contribution is 0.168. The van der Waals surface area contributed by atoms with E-state index in [4.69, 9.17) is 4.43 Å². The van der Waals surface area contributed by atoms with Gasteiger partial charge in [-0.1, -0.05) is 67.1 Å². The minimum atomic E-state index is -1.65. The third-order valence-corrected chi connectivity index (χ3v) is 7.00. The van der Waals surface area contributed by atoms with Gasteiger partial charge in [0.05, 0.1) is 6.10 Å². The average molecular weight is 389 g/mol. The molecule has 0 aliphatic heterocycles. The van der Waals surface area contributed by atoms with Gasteiger partial charge in [0, 0.05) is 0 Å². The summed E-state index contributed by atoms with van der Waals surface area (Å²) in [4.78, 5) is 0. The lowest BCUT2D eigenvalue weighted by atomic mass is 9.87. The molecule has 0 heterocycles. The highest BCUT2D eigenvalue weighted by Crippen LogP contribution is 2.41. The van der Waals surface area contributed by atoms with E-state index in [1.807, 2.05) is 0 Å². The van der Waals surface area contributed by atoms with Crippen LogP contribution in [0.5, 0.6) is 0 Å². The highest BCUT2D eigenvalue weighted by atomic mass is 28.4. The topological polar surface area (TPSA) is 9.23 Å². The van der Waals surface area contributed by atoms with E-state index in [1.54, 1.807) is 5.57 Å². The molecule has 4 rings (SSSR count). The summed E-state index contributed by atoms with van der Waals surface area (Å²) in [6, 6.07) is 15.9. The Morgan fingerprint density at radius 3 is 2.50 bits per heavy atom. The van der Waals surface area contributed by atoms with Crippen LogP contribution in [0.2, 0.25) is 19.6 Å². The first-order valence-electron chi connectivity index (χ1n) is 10.7. The molecule has 0 fully saturated rings. The van der Waals surface area contributed by atoms with Crippen molar-refractivity contribution in [1.82, 2.24) is 0 Å². The maximum Gasteiger partial charge on any atom is 0.184 e. The van der Waals surface area contributed by atoms with Gasteiger partial charge in [0.2, 0.25) is 0 Å². The van der Waals surface area contributed by atoms with Gasteiger partial charge in [-0.25, -0.2) is 0 Å². The Kier molecular flexibility index (Phi) is 5.44. The van der Waals surface area contributed by atoms with Crippen LogP contribution in [0, 0.1) is 5.92 Å². The summed E-state index contributed by atoms with van der Waals surface area (Å²) < 4.78 is 6.75. The van der Waals surface area contributed by atoms with E-state index in [0.717, 1.165) is 19.3 Å². The van der Waals surface area contributed by atoms with Gasteiger partial charge in [0.1, 0.15) is 0 Å². The number of benzene rings is 2. The Hall–Kier alpha value is -1.90. The van der Waals surface area contributed by atoms with Crippen molar-refractivity contribution in [1.29, 1.82) is 0 Å². The summed E-state index contributed by atoms with van der Waals surface area (Å²) in [6.45, 7) is 9.23. The van der Waals surface area contributed by atoms with Crippen molar-refractivity contribution >= 4 is 8.32 Å². The first-order valence-corrected chi connectivity index (χ1v) is 14.1. The highest BCUT2D eigenvalue weighted by Gasteiger charge is 2.28. The standard InChI is InChI=1S/C26H32OSi/c1-5-19(20-10-6-7-11-20)18-26(27-28(2,3)4)23-15-14-22-16-21-12-8-9-13-24(21)25(22)17-23/h6-10,12-15,17,19,26H,5,11,16,18H2,1-4H3. The van der Waals surface area contributed by atoms with Crippen LogP contribution in [0.1, 0.15) is 49.0 Å². The third-order valence-electron chi connectivity index (χ3n) is 6.01. The molecule has 2 aliphatic carbocycles. The normalized spacial score (nSPS) is 17.2. The fourth-order valence-electron chi connectivity index (χ4n) is 4.63. The molecule has 0 saturated carbocycles. The predicted molar refractivity (Wildman–Crippen MR) is 122 cm³/mol. The lowest BCUT2D eigenvalue weighted by Crippen LogP contribution is -2.29. The smallest absolute Gasteiger partial charge is 0.184 e. The number of fused-ring (bicyclic) bond motifs is 3. The molecular weight excluding hydrogens is 356 g/mol. The summed E-state index contributed by atoms with van der Waals surface area (Å²) >= 11 is 0. The minimum Gasteiger partial charge on any atom is -0.411 e. The van der Waals surface area contributed by atoms with Crippen molar-refractivity contribution in [2.45, 2.75) is 58.4 Å². The molecule has 28 heavy (non-hydrogen) atoms. The summed E-state index contributed by atoms with van der Waals surface area (Å²) in [5.41, 5.74) is 8.63. The maximum absolute atomic E-state index is 6.75. The van der Waals surface area contributed by atoms with E-state index < -0.39 is 8.32 Å². The van der Waals surface area contributed by atoms with Gasteiger partial charge >= 0.3 is 0 Å². The fourth-order valence-corrected chi connectivity index (χ4v) is 5.71. The Labute approximate surface area is 171 Å². The van der Waals surface area contributed by atoms with E-state index >= 15 is 0 Å². The molecule has 0 aromatic heterocycles. The van der Waals surface area contributed by atoms with Crippen LogP contribution in [-0.2, 0) is 10.8 Å². The second kappa shape index (κ2) is 7.85. The van der Waals surface area contributed by atoms with Crippen LogP contribution in [0.25, 0.3) is 11.1 Å². The average Bonchev–Trinajstić information content (AvgIpc) is 3.31. The van der Waals surface area contributed by atoms with Gasteiger partial charge in [-0.05, 0) is 85.1 Å². The van der Waals surface area contributed by atoms with E-state index in [2.05, 4.69) is 87.3 Å². The van der Waals surface area contributed by atoms with E-state index in [0.29, 0.717) is 5.92 Å². The van der Waals surface area contributed by atoms with Gasteiger partial charge in [0.15, 0.2) is 8.32 Å². The molecule has 146 valence electrons. The number of allylic oxidation sites excluding steroid dienone is 4. The van der Waals surface area contributed by atoms with E-state index in [9.17, 15) is 0 Å². The van der Waals surface area contributed by atoms with Crippen LogP contribution < -0.4 is 0 Å². The van der Waals surface area contributed by atoms with Crippen molar-refractivity contribution in [2.75, 3.05) is 0 Å². The zero-order valence-electron chi connectivity index (χ0n) is 17.7. The van der Waals surface area contributed by atoms with Gasteiger partial charge in [-0.3, -0.25) is 0 Å². The summed E-state index contributed by atoms with van der Waals surface area (Å²) in [6.07, 6.45) is 11.4. The van der Waals surface area contributed by atoms with Crippen molar-refractivity contribution in [3.05, 3.63) is 83.0 Å². The molecule has 2 atom stereocenters. The molecule has 0 spiro atoms. The molecule has 2 aromatic rings. The van der Waals surface area contributed by atoms with Gasteiger partial charge in [-0.2, -0.15) is 0 Å². The summed E-state index contributed by atoms with van der Waals surface area (Å²) in [7, 11) is -1.65. The second-order valence-electron chi connectivity index (χ2n) is 9.18. The monoisotopic (exact) mass is 388 g/mol. The van der Waals surface area contributed by atoms with Crippen molar-refractivity contribution < 1.29 is 4.43 Å². The van der Waals surface area contributed by atoms with Crippen LogP contribution in [0.15, 0.2) is 66.3 Å². The molecule has 0 saturated heterocycles. The quantitative estimate of drug-likeness (QED) is 0.382. The summed E-state index contributed by atoms with van der Waals surface area (Å²) in [5.74, 6) is 0.594. The lowest BCUT2D eigenvalue weighted by Gasteiger charge is -2.30. The fraction of sp³-hybridized carbons (Fsp3) is 0.385. The molecule has 0 radical (unpaired) electrons. The molecule has 0 amide bonds. The molecule has 0 N–H and O–H groups in total. The Morgan fingerprint density at radius 1 is 1.00 bits per heavy atom. The third kappa shape index (κ3) is 4.08. The van der Waals surface area contributed by atoms with Crippen molar-refractivity contribution in [3.63, 3.8) is 0 Å². The molecule has 2 heteroatoms.